The van der Waals surface area contributed by atoms with Crippen molar-refractivity contribution in [3.63, 3.8) is 0 Å². The van der Waals surface area contributed by atoms with Gasteiger partial charge in [-0.15, -0.1) is 0 Å². The quantitative estimate of drug-likeness (QED) is 0.482. The van der Waals surface area contributed by atoms with Gasteiger partial charge in [0, 0.05) is 6.07 Å². The molecule has 3 heterocycles. The Morgan fingerprint density at radius 2 is 2.00 bits per heavy atom. The second-order valence-corrected chi connectivity index (χ2v) is 6.12. The fourth-order valence-electron chi connectivity index (χ4n) is 2.91. The number of nitrogens with zero attached hydrogens (tertiary/aromatic N) is 4. The van der Waals surface area contributed by atoms with E-state index in [9.17, 15) is 24.1 Å². The summed E-state index contributed by atoms with van der Waals surface area (Å²) < 4.78 is 39.1. The van der Waals surface area contributed by atoms with Gasteiger partial charge in [-0.2, -0.15) is 9.97 Å². The average molecular weight is 395 g/mol. The third kappa shape index (κ3) is 3.01. The fraction of sp³-hybridized carbons (Fsp3) is 0.312. The summed E-state index contributed by atoms with van der Waals surface area (Å²) in [4.78, 5) is 12.0. The van der Waals surface area contributed by atoms with E-state index in [-0.39, 0.29) is 23.0 Å². The van der Waals surface area contributed by atoms with Crippen LogP contribution in [-0.2, 0) is 4.74 Å². The number of halogens is 2. The summed E-state index contributed by atoms with van der Waals surface area (Å²) in [6.07, 6.45) is -3.58. The number of benzene rings is 1. The molecule has 1 saturated heterocycles. The largest absolute Gasteiger partial charge is 0.421 e. The van der Waals surface area contributed by atoms with Crippen LogP contribution >= 0.6 is 0 Å². The zero-order valence-electron chi connectivity index (χ0n) is 14.1. The van der Waals surface area contributed by atoms with Crippen molar-refractivity contribution in [1.82, 2.24) is 19.5 Å². The first-order valence-electron chi connectivity index (χ1n) is 8.14. The lowest BCUT2D eigenvalue weighted by atomic mass is 10.1. The average Bonchev–Trinajstić information content (AvgIpc) is 3.20. The maximum Gasteiger partial charge on any atom is 0.326 e. The van der Waals surface area contributed by atoms with Gasteiger partial charge in [0.15, 0.2) is 34.8 Å². The van der Waals surface area contributed by atoms with E-state index in [1.165, 1.54) is 10.9 Å². The van der Waals surface area contributed by atoms with E-state index in [4.69, 9.17) is 15.2 Å². The van der Waals surface area contributed by atoms with Crippen molar-refractivity contribution in [1.29, 1.82) is 0 Å². The number of aromatic nitrogens is 4. The van der Waals surface area contributed by atoms with Gasteiger partial charge in [-0.3, -0.25) is 4.57 Å². The molecule has 0 unspecified atom stereocenters. The number of aliphatic hydroxyl groups excluding tert-OH is 3. The Kier molecular flexibility index (Phi) is 4.55. The summed E-state index contributed by atoms with van der Waals surface area (Å²) in [6.45, 7) is -0.508. The van der Waals surface area contributed by atoms with Crippen LogP contribution in [0.4, 0.5) is 14.6 Å². The van der Waals surface area contributed by atoms with E-state index < -0.39 is 48.5 Å². The molecule has 3 aromatic rings. The van der Waals surface area contributed by atoms with Crippen molar-refractivity contribution < 1.29 is 33.6 Å². The second-order valence-electron chi connectivity index (χ2n) is 6.12. The Morgan fingerprint density at radius 1 is 1.21 bits per heavy atom. The van der Waals surface area contributed by atoms with Gasteiger partial charge >= 0.3 is 6.01 Å². The second kappa shape index (κ2) is 6.91. The van der Waals surface area contributed by atoms with E-state index >= 15 is 0 Å². The zero-order chi connectivity index (χ0) is 20.0. The molecular weight excluding hydrogens is 380 g/mol. The molecule has 5 N–H and O–H groups in total. The molecular formula is C16H15F2N5O5. The third-order valence-electron chi connectivity index (χ3n) is 4.31. The number of imidazole rings is 1. The molecule has 0 saturated carbocycles. The van der Waals surface area contributed by atoms with E-state index in [2.05, 4.69) is 15.0 Å². The van der Waals surface area contributed by atoms with Crippen molar-refractivity contribution in [2.24, 2.45) is 0 Å². The topological polar surface area (TPSA) is 149 Å². The Morgan fingerprint density at radius 3 is 2.71 bits per heavy atom. The van der Waals surface area contributed by atoms with Gasteiger partial charge in [-0.1, -0.05) is 0 Å². The number of rotatable bonds is 4. The lowest BCUT2D eigenvalue weighted by molar-refractivity contribution is -0.0511. The van der Waals surface area contributed by atoms with E-state index in [1.54, 1.807) is 0 Å². The molecule has 4 rings (SSSR count). The SMILES string of the molecule is Nc1nc(Oc2cc(F)ccc2F)nc2c1ncn2[C@@H]1O[C@H](CO)[C@@H](O)[C@H]1O. The van der Waals surface area contributed by atoms with Gasteiger partial charge in [0.1, 0.15) is 24.1 Å². The summed E-state index contributed by atoms with van der Waals surface area (Å²) in [7, 11) is 0. The summed E-state index contributed by atoms with van der Waals surface area (Å²) >= 11 is 0. The van der Waals surface area contributed by atoms with Gasteiger partial charge in [-0.05, 0) is 12.1 Å². The highest BCUT2D eigenvalue weighted by atomic mass is 19.1. The van der Waals surface area contributed by atoms with Crippen LogP contribution < -0.4 is 10.5 Å². The molecule has 10 nitrogen and oxygen atoms in total. The number of hydrogen-bond donors (Lipinski definition) is 4. The third-order valence-corrected chi connectivity index (χ3v) is 4.31. The molecule has 12 heteroatoms. The predicted octanol–water partition coefficient (Wildman–Crippen LogP) is 0.0905. The molecule has 4 atom stereocenters. The van der Waals surface area contributed by atoms with Crippen LogP contribution in [0.2, 0.25) is 0 Å². The van der Waals surface area contributed by atoms with Crippen LogP contribution in [-0.4, -0.2) is 59.8 Å². The Labute approximate surface area is 155 Å². The highest BCUT2D eigenvalue weighted by Crippen LogP contribution is 2.33. The molecule has 28 heavy (non-hydrogen) atoms. The van der Waals surface area contributed by atoms with Crippen molar-refractivity contribution in [3.8, 4) is 11.8 Å². The maximum absolute atomic E-state index is 13.8. The van der Waals surface area contributed by atoms with Crippen LogP contribution in [0.25, 0.3) is 11.2 Å². The number of ether oxygens (including phenoxy) is 2. The molecule has 1 aliphatic heterocycles. The van der Waals surface area contributed by atoms with Gasteiger partial charge in [-0.25, -0.2) is 13.8 Å². The highest BCUT2D eigenvalue weighted by molar-refractivity contribution is 5.82. The molecule has 148 valence electrons. The molecule has 1 fully saturated rings. The Bertz CT molecular complexity index is 1030. The molecule has 2 aromatic heterocycles. The van der Waals surface area contributed by atoms with Crippen LogP contribution in [0.1, 0.15) is 6.23 Å². The lowest BCUT2D eigenvalue weighted by Gasteiger charge is -2.16. The first-order valence-corrected chi connectivity index (χ1v) is 8.14. The molecule has 0 radical (unpaired) electrons. The van der Waals surface area contributed by atoms with E-state index in [1.807, 2.05) is 0 Å². The van der Waals surface area contributed by atoms with Crippen molar-refractivity contribution in [2.45, 2.75) is 24.5 Å². The zero-order valence-corrected chi connectivity index (χ0v) is 14.1. The number of nitrogen functional groups attached to an aromatic ring is 1. The van der Waals surface area contributed by atoms with Crippen molar-refractivity contribution in [3.05, 3.63) is 36.2 Å². The highest BCUT2D eigenvalue weighted by Gasteiger charge is 2.44. The molecule has 0 amide bonds. The number of hydrogen-bond acceptors (Lipinski definition) is 9. The van der Waals surface area contributed by atoms with Gasteiger partial charge < -0.3 is 30.5 Å². The summed E-state index contributed by atoms with van der Waals surface area (Å²) in [5.74, 6) is -2.11. The smallest absolute Gasteiger partial charge is 0.326 e. The standard InChI is InChI=1S/C16H15F2N5O5/c17-6-1-2-7(18)8(3-6)28-16-21-13(19)10-14(22-16)23(5-20-10)15-12(26)11(25)9(4-24)27-15/h1-3,5,9,11-12,15,24-26H,4H2,(H2,19,21,22)/t9-,11-,12-,15-/m1/s1. The fourth-order valence-corrected chi connectivity index (χ4v) is 2.91. The van der Waals surface area contributed by atoms with Crippen LogP contribution in [0.5, 0.6) is 11.8 Å². The minimum Gasteiger partial charge on any atom is -0.421 e. The molecule has 1 aromatic carbocycles. The molecule has 0 aliphatic carbocycles. The Hall–Kier alpha value is -2.93. The minimum atomic E-state index is -1.38. The minimum absolute atomic E-state index is 0.0640. The van der Waals surface area contributed by atoms with Crippen LogP contribution in [0.3, 0.4) is 0 Å². The number of anilines is 1. The van der Waals surface area contributed by atoms with E-state index in [0.717, 1.165) is 18.2 Å². The van der Waals surface area contributed by atoms with Crippen molar-refractivity contribution >= 4 is 17.0 Å². The molecule has 0 bridgehead atoms. The van der Waals surface area contributed by atoms with Crippen LogP contribution in [0, 0.1) is 11.6 Å². The molecule has 1 aliphatic rings. The van der Waals surface area contributed by atoms with Crippen LogP contribution in [0.15, 0.2) is 24.5 Å². The summed E-state index contributed by atoms with van der Waals surface area (Å²) in [6, 6.07) is 2.25. The first kappa shape index (κ1) is 18.4. The monoisotopic (exact) mass is 395 g/mol. The lowest BCUT2D eigenvalue weighted by Crippen LogP contribution is -2.33. The summed E-state index contributed by atoms with van der Waals surface area (Å²) in [5, 5.41) is 29.4. The van der Waals surface area contributed by atoms with E-state index in [0.29, 0.717) is 0 Å². The van der Waals surface area contributed by atoms with Gasteiger partial charge in [0.2, 0.25) is 0 Å². The molecule has 0 spiro atoms. The van der Waals surface area contributed by atoms with Crippen molar-refractivity contribution in [2.75, 3.05) is 12.3 Å². The number of fused-ring (bicyclic) bond motifs is 1. The predicted molar refractivity (Wildman–Crippen MR) is 89.2 cm³/mol. The first-order chi connectivity index (χ1) is 13.4. The van der Waals surface area contributed by atoms with Gasteiger partial charge in [0.05, 0.1) is 12.9 Å². The number of nitrogens with two attached hydrogens (primary N) is 1. The number of aliphatic hydroxyl groups is 3. The normalized spacial score (nSPS) is 24.8. The summed E-state index contributed by atoms with van der Waals surface area (Å²) in [5.41, 5.74) is 6.05. The van der Waals surface area contributed by atoms with Gasteiger partial charge in [0.25, 0.3) is 0 Å². The Balaban J connectivity index is 1.74. The maximum atomic E-state index is 13.8.